The van der Waals surface area contributed by atoms with E-state index in [1.165, 1.54) is 0 Å². The lowest BCUT2D eigenvalue weighted by molar-refractivity contribution is 1.21. The second-order valence-electron chi connectivity index (χ2n) is 3.62. The Morgan fingerprint density at radius 2 is 1.65 bits per heavy atom. The number of hydrogen-bond donors (Lipinski definition) is 1. The molecule has 0 saturated carbocycles. The molecule has 2 rings (SSSR count). The zero-order valence-corrected chi connectivity index (χ0v) is 11.2. The highest BCUT2D eigenvalue weighted by molar-refractivity contribution is 6.44. The third-order valence-electron chi connectivity index (χ3n) is 2.41. The molecular weight excluding hydrogens is 279 g/mol. The summed E-state index contributed by atoms with van der Waals surface area (Å²) in [5, 5.41) is 1.38. The summed E-state index contributed by atoms with van der Waals surface area (Å²) in [7, 11) is 0. The maximum absolute atomic E-state index is 6.11. The fourth-order valence-electron chi connectivity index (χ4n) is 1.44. The summed E-state index contributed by atoms with van der Waals surface area (Å²) < 4.78 is 0. The lowest BCUT2D eigenvalue weighted by atomic mass is 10.1. The van der Waals surface area contributed by atoms with Gasteiger partial charge in [-0.05, 0) is 31.2 Å². The summed E-state index contributed by atoms with van der Waals surface area (Å²) in [6.45, 7) is 1.84. The maximum atomic E-state index is 6.11. The highest BCUT2D eigenvalue weighted by atomic mass is 35.5. The van der Waals surface area contributed by atoms with E-state index in [0.29, 0.717) is 20.8 Å². The Morgan fingerprint density at radius 3 is 2.29 bits per heavy atom. The Kier molecular flexibility index (Phi) is 3.48. The van der Waals surface area contributed by atoms with E-state index in [2.05, 4.69) is 4.98 Å². The summed E-state index contributed by atoms with van der Waals surface area (Å²) in [6.07, 6.45) is 0. The van der Waals surface area contributed by atoms with E-state index in [1.807, 2.05) is 6.92 Å². The highest BCUT2D eigenvalue weighted by Gasteiger charge is 2.10. The van der Waals surface area contributed by atoms with Gasteiger partial charge >= 0.3 is 0 Å². The van der Waals surface area contributed by atoms with E-state index in [9.17, 15) is 0 Å². The Labute approximate surface area is 114 Å². The van der Waals surface area contributed by atoms with Crippen molar-refractivity contribution in [3.63, 3.8) is 0 Å². The molecule has 1 aromatic carbocycles. The summed E-state index contributed by atoms with van der Waals surface area (Å²) in [4.78, 5) is 4.36. The Bertz CT molecular complexity index is 582. The minimum atomic E-state index is 0.424. The van der Waals surface area contributed by atoms with Crippen molar-refractivity contribution < 1.29 is 0 Å². The van der Waals surface area contributed by atoms with Gasteiger partial charge in [0, 0.05) is 5.56 Å². The average Bonchev–Trinajstić information content (AvgIpc) is 2.27. The van der Waals surface area contributed by atoms with Crippen LogP contribution in [-0.4, -0.2) is 4.98 Å². The molecule has 0 spiro atoms. The molecule has 1 heterocycles. The molecule has 0 atom stereocenters. The molecule has 0 aliphatic carbocycles. The van der Waals surface area contributed by atoms with Crippen molar-refractivity contribution in [1.82, 2.24) is 4.98 Å². The molecule has 0 saturated heterocycles. The molecule has 2 aromatic rings. The fraction of sp³-hybridized carbons (Fsp3) is 0.0833. The summed E-state index contributed by atoms with van der Waals surface area (Å²) >= 11 is 18.0. The number of pyridine rings is 1. The van der Waals surface area contributed by atoms with Gasteiger partial charge in [0.05, 0.1) is 32.1 Å². The van der Waals surface area contributed by atoms with E-state index in [4.69, 9.17) is 40.5 Å². The third kappa shape index (κ3) is 2.49. The van der Waals surface area contributed by atoms with Gasteiger partial charge in [-0.25, -0.2) is 0 Å². The van der Waals surface area contributed by atoms with E-state index in [0.717, 1.165) is 17.0 Å². The molecular formula is C12H9Cl3N2. The van der Waals surface area contributed by atoms with Crippen LogP contribution >= 0.6 is 34.8 Å². The van der Waals surface area contributed by atoms with Gasteiger partial charge < -0.3 is 5.73 Å². The van der Waals surface area contributed by atoms with Gasteiger partial charge in [-0.15, -0.1) is 0 Å². The van der Waals surface area contributed by atoms with Crippen LogP contribution in [0.4, 0.5) is 5.69 Å². The van der Waals surface area contributed by atoms with Crippen LogP contribution in [0.1, 0.15) is 5.69 Å². The smallest absolute Gasteiger partial charge is 0.0722 e. The van der Waals surface area contributed by atoms with Crippen LogP contribution in [0, 0.1) is 6.92 Å². The fourth-order valence-corrected chi connectivity index (χ4v) is 2.08. The lowest BCUT2D eigenvalue weighted by Gasteiger charge is -2.08. The molecule has 5 heteroatoms. The van der Waals surface area contributed by atoms with Crippen molar-refractivity contribution in [3.8, 4) is 11.3 Å². The number of benzene rings is 1. The van der Waals surface area contributed by atoms with Gasteiger partial charge in [0.15, 0.2) is 0 Å². The first-order chi connectivity index (χ1) is 7.99. The molecule has 0 fully saturated rings. The number of anilines is 1. The second kappa shape index (κ2) is 4.73. The SMILES string of the molecule is Cc1nc(-c2cc(Cl)c(Cl)cc2Cl)ccc1N. The number of nitrogens with zero attached hydrogens (tertiary/aromatic N) is 1. The Morgan fingerprint density at radius 1 is 1.00 bits per heavy atom. The molecule has 2 N–H and O–H groups in total. The standard InChI is InChI=1S/C12H9Cl3N2/c1-6-11(16)2-3-12(17-6)7-4-9(14)10(15)5-8(7)13/h2-5H,16H2,1H3. The van der Waals surface area contributed by atoms with Crippen molar-refractivity contribution in [2.45, 2.75) is 6.92 Å². The maximum Gasteiger partial charge on any atom is 0.0722 e. The topological polar surface area (TPSA) is 38.9 Å². The van der Waals surface area contributed by atoms with Crippen LogP contribution in [0.2, 0.25) is 15.1 Å². The minimum Gasteiger partial charge on any atom is -0.397 e. The van der Waals surface area contributed by atoms with Crippen LogP contribution < -0.4 is 5.73 Å². The molecule has 17 heavy (non-hydrogen) atoms. The van der Waals surface area contributed by atoms with Gasteiger partial charge in [0.2, 0.25) is 0 Å². The van der Waals surface area contributed by atoms with Crippen molar-refractivity contribution in [1.29, 1.82) is 0 Å². The first-order valence-electron chi connectivity index (χ1n) is 4.87. The minimum absolute atomic E-state index is 0.424. The first-order valence-corrected chi connectivity index (χ1v) is 6.00. The number of halogens is 3. The molecule has 0 aliphatic heterocycles. The van der Waals surface area contributed by atoms with Crippen LogP contribution in [0.3, 0.4) is 0 Å². The van der Waals surface area contributed by atoms with E-state index in [1.54, 1.807) is 24.3 Å². The number of aromatic nitrogens is 1. The molecule has 0 radical (unpaired) electrons. The molecule has 88 valence electrons. The van der Waals surface area contributed by atoms with Crippen LogP contribution in [0.15, 0.2) is 24.3 Å². The van der Waals surface area contributed by atoms with Gasteiger partial charge in [-0.1, -0.05) is 34.8 Å². The molecule has 1 aromatic heterocycles. The largest absolute Gasteiger partial charge is 0.397 e. The van der Waals surface area contributed by atoms with Gasteiger partial charge in [-0.2, -0.15) is 0 Å². The van der Waals surface area contributed by atoms with Crippen LogP contribution in [0.5, 0.6) is 0 Å². The Hall–Kier alpha value is -0.960. The van der Waals surface area contributed by atoms with Crippen molar-refractivity contribution in [2.24, 2.45) is 0 Å². The number of rotatable bonds is 1. The van der Waals surface area contributed by atoms with Crippen molar-refractivity contribution >= 4 is 40.5 Å². The number of hydrogen-bond acceptors (Lipinski definition) is 2. The van der Waals surface area contributed by atoms with Gasteiger partial charge in [0.25, 0.3) is 0 Å². The predicted molar refractivity (Wildman–Crippen MR) is 73.9 cm³/mol. The number of nitrogen functional groups attached to an aromatic ring is 1. The lowest BCUT2D eigenvalue weighted by Crippen LogP contribution is -1.94. The van der Waals surface area contributed by atoms with E-state index < -0.39 is 0 Å². The average molecular weight is 288 g/mol. The molecule has 0 amide bonds. The van der Waals surface area contributed by atoms with Crippen molar-refractivity contribution in [3.05, 3.63) is 45.0 Å². The number of aryl methyl sites for hydroxylation is 1. The Balaban J connectivity index is 2.60. The van der Waals surface area contributed by atoms with E-state index >= 15 is 0 Å². The molecule has 0 bridgehead atoms. The second-order valence-corrected chi connectivity index (χ2v) is 4.84. The summed E-state index contributed by atoms with van der Waals surface area (Å²) in [5.41, 5.74) is 8.58. The normalized spacial score (nSPS) is 10.6. The zero-order valence-electron chi connectivity index (χ0n) is 8.97. The van der Waals surface area contributed by atoms with Gasteiger partial charge in [0.1, 0.15) is 0 Å². The molecule has 0 unspecified atom stereocenters. The summed E-state index contributed by atoms with van der Waals surface area (Å²) in [6, 6.07) is 6.89. The van der Waals surface area contributed by atoms with Crippen molar-refractivity contribution in [2.75, 3.05) is 5.73 Å². The highest BCUT2D eigenvalue weighted by Crippen LogP contribution is 2.34. The first kappa shape index (κ1) is 12.5. The van der Waals surface area contributed by atoms with Gasteiger partial charge in [-0.3, -0.25) is 4.98 Å². The number of nitrogens with two attached hydrogens (primary N) is 1. The monoisotopic (exact) mass is 286 g/mol. The van der Waals surface area contributed by atoms with Crippen LogP contribution in [-0.2, 0) is 0 Å². The van der Waals surface area contributed by atoms with Crippen LogP contribution in [0.25, 0.3) is 11.3 Å². The predicted octanol–water partition coefficient (Wildman–Crippen LogP) is 4.60. The third-order valence-corrected chi connectivity index (χ3v) is 3.45. The molecule has 0 aliphatic rings. The summed E-state index contributed by atoms with van der Waals surface area (Å²) in [5.74, 6) is 0. The van der Waals surface area contributed by atoms with E-state index in [-0.39, 0.29) is 0 Å². The zero-order chi connectivity index (χ0) is 12.6. The quantitative estimate of drug-likeness (QED) is 0.779. The molecule has 2 nitrogen and oxygen atoms in total.